The maximum absolute atomic E-state index is 17.3. The molecule has 13 nitrogen and oxygen atoms in total. The number of fused-ring (bicyclic) bond motifs is 4. The van der Waals surface area contributed by atoms with Crippen molar-refractivity contribution in [1.29, 1.82) is 0 Å². The summed E-state index contributed by atoms with van der Waals surface area (Å²) in [4.78, 5) is 48.2. The summed E-state index contributed by atoms with van der Waals surface area (Å²) in [6.45, 7) is 10.7. The molecule has 3 unspecified atom stereocenters. The molecule has 6 aliphatic heterocycles. The number of phenolic OH excluding ortho intramolecular Hbond substituents is 1. The lowest BCUT2D eigenvalue weighted by molar-refractivity contribution is -0.134. The van der Waals surface area contributed by atoms with Crippen LogP contribution in [0.3, 0.4) is 0 Å². The highest BCUT2D eigenvalue weighted by Gasteiger charge is 2.48. The monoisotopic (exact) mass is 1060 g/mol. The van der Waals surface area contributed by atoms with E-state index in [1.165, 1.54) is 75.6 Å². The molecule has 8 aliphatic rings. The van der Waals surface area contributed by atoms with Crippen LogP contribution in [-0.2, 0) is 16.0 Å². The number of anilines is 2. The maximum Gasteiger partial charge on any atom is 0.319 e. The molecule has 77 heavy (non-hydrogen) atoms. The number of phenols is 1. The highest BCUT2D eigenvalue weighted by Crippen LogP contribution is 2.51. The smallest absolute Gasteiger partial charge is 0.319 e. The Balaban J connectivity index is 0.618. The third-order valence-corrected chi connectivity index (χ3v) is 20.1. The zero-order valence-electron chi connectivity index (χ0n) is 44.3. The number of rotatable bonds is 11. The molecular weight excluding hydrogens is 987 g/mol. The molecular formula is C60H71F4N9O4. The van der Waals surface area contributed by atoms with Crippen molar-refractivity contribution < 1.29 is 37.0 Å². The number of nitrogens with zero attached hydrogens (tertiary/aromatic N) is 7. The molecule has 2 amide bonds. The molecule has 2 saturated carbocycles. The third-order valence-electron chi connectivity index (χ3n) is 20.1. The minimum atomic E-state index is -0.995. The molecule has 3 atom stereocenters. The molecule has 3 aromatic carbocycles. The normalized spacial score (nSPS) is 25.5. The van der Waals surface area contributed by atoms with Crippen LogP contribution in [0.1, 0.15) is 127 Å². The number of likely N-dealkylation sites (tertiary alicyclic amines) is 2. The summed E-state index contributed by atoms with van der Waals surface area (Å²) in [7, 11) is 0. The zero-order chi connectivity index (χ0) is 52.8. The number of benzene rings is 3. The van der Waals surface area contributed by atoms with Crippen molar-refractivity contribution >= 4 is 45.0 Å². The SMILES string of the molecule is CCc1c(F)ccc2cc(O)cc(-c3ncc4c(N5CC6CCC(C5)N6)nc(OCC5(CN6CCC7(CC6)CCN(C6CCC8(CC6)CCN(c6cc(F)c(C9CCC(=O)NC9=O)c(F)c6)CC8)CC7)CC5)nc4c3F)c12. The number of ether oxygens (including phenoxy) is 1. The van der Waals surface area contributed by atoms with Crippen LogP contribution in [0, 0.1) is 39.5 Å². The Morgan fingerprint density at radius 1 is 0.753 bits per heavy atom. The van der Waals surface area contributed by atoms with E-state index in [1.54, 1.807) is 18.3 Å². The third kappa shape index (κ3) is 9.67. The van der Waals surface area contributed by atoms with E-state index in [-0.39, 0.29) is 58.0 Å². The second-order valence-electron chi connectivity index (χ2n) is 24.7. The summed E-state index contributed by atoms with van der Waals surface area (Å²) in [5, 5.41) is 18.3. The number of hydrogen-bond donors (Lipinski definition) is 3. The number of aromatic nitrogens is 3. The summed E-state index contributed by atoms with van der Waals surface area (Å²) in [6, 6.07) is 10.1. The van der Waals surface area contributed by atoms with Crippen molar-refractivity contribution in [1.82, 2.24) is 35.4 Å². The van der Waals surface area contributed by atoms with E-state index in [4.69, 9.17) is 14.7 Å². The largest absolute Gasteiger partial charge is 0.508 e. The van der Waals surface area contributed by atoms with Crippen molar-refractivity contribution in [2.24, 2.45) is 16.2 Å². The van der Waals surface area contributed by atoms with E-state index in [9.17, 15) is 14.7 Å². The van der Waals surface area contributed by atoms with E-state index in [2.05, 4.69) is 35.2 Å². The molecule has 0 radical (unpaired) electrons. The minimum absolute atomic E-state index is 0.00430. The Hall–Kier alpha value is -5.65. The second-order valence-corrected chi connectivity index (χ2v) is 24.7. The number of piperazine rings is 1. The Kier molecular flexibility index (Phi) is 13.1. The first kappa shape index (κ1) is 50.8. The van der Waals surface area contributed by atoms with Crippen LogP contribution in [-0.4, -0.2) is 125 Å². The number of carbonyl (C=O) groups is 2. The number of aromatic hydroxyl groups is 1. The Bertz CT molecular complexity index is 3080. The van der Waals surface area contributed by atoms with Gasteiger partial charge in [-0.1, -0.05) is 13.0 Å². The summed E-state index contributed by atoms with van der Waals surface area (Å²) in [6.07, 6.45) is 18.1. The zero-order valence-corrected chi connectivity index (χ0v) is 44.3. The predicted molar refractivity (Wildman–Crippen MR) is 287 cm³/mol. The van der Waals surface area contributed by atoms with Crippen molar-refractivity contribution in [3.8, 4) is 23.0 Å². The van der Waals surface area contributed by atoms with Gasteiger partial charge in [0, 0.05) is 85.7 Å². The summed E-state index contributed by atoms with van der Waals surface area (Å²) >= 11 is 0. The molecule has 6 saturated heterocycles. The fraction of sp³-hybridized carbons (Fsp3) is 0.583. The number of nitrogens with one attached hydrogen (secondary N) is 2. The number of carbonyl (C=O) groups excluding carboxylic acids is 2. The number of halogens is 4. The van der Waals surface area contributed by atoms with E-state index >= 15 is 17.6 Å². The van der Waals surface area contributed by atoms with Gasteiger partial charge in [-0.25, -0.2) is 17.6 Å². The fourth-order valence-electron chi connectivity index (χ4n) is 15.2. The number of hydrogen-bond acceptors (Lipinski definition) is 12. The summed E-state index contributed by atoms with van der Waals surface area (Å²) in [5.41, 5.74) is 1.77. The van der Waals surface area contributed by atoms with Gasteiger partial charge < -0.3 is 34.8 Å². The topological polar surface area (TPSA) is 139 Å². The quantitative estimate of drug-likeness (QED) is 0.0858. The van der Waals surface area contributed by atoms with Crippen molar-refractivity contribution in [3.63, 3.8) is 0 Å². The van der Waals surface area contributed by atoms with Gasteiger partial charge in [0.25, 0.3) is 0 Å². The van der Waals surface area contributed by atoms with Gasteiger partial charge in [-0.05, 0) is 186 Å². The van der Waals surface area contributed by atoms with Crippen molar-refractivity contribution in [3.05, 3.63) is 77.0 Å². The van der Waals surface area contributed by atoms with Gasteiger partial charge in [0.1, 0.15) is 40.2 Å². The molecule has 3 N–H and O–H groups in total. The highest BCUT2D eigenvalue weighted by atomic mass is 19.1. The average Bonchev–Trinajstić information content (AvgIpc) is 4.12. The Morgan fingerprint density at radius 2 is 1.43 bits per heavy atom. The lowest BCUT2D eigenvalue weighted by Gasteiger charge is -2.52. The van der Waals surface area contributed by atoms with Gasteiger partial charge in [-0.2, -0.15) is 9.97 Å². The van der Waals surface area contributed by atoms with Gasteiger partial charge in [0.2, 0.25) is 11.8 Å². The van der Waals surface area contributed by atoms with Crippen LogP contribution in [0.4, 0.5) is 29.1 Å². The Morgan fingerprint density at radius 3 is 2.10 bits per heavy atom. The van der Waals surface area contributed by atoms with Crippen molar-refractivity contribution in [2.75, 3.05) is 75.3 Å². The average molecular weight is 1060 g/mol. The molecule has 408 valence electrons. The maximum atomic E-state index is 17.3. The summed E-state index contributed by atoms with van der Waals surface area (Å²) in [5.74, 6) is -3.98. The van der Waals surface area contributed by atoms with E-state index in [0.29, 0.717) is 75.4 Å². The molecule has 2 aliphatic carbocycles. The molecule has 2 bridgehead atoms. The van der Waals surface area contributed by atoms with E-state index in [1.807, 2.05) is 6.92 Å². The molecule has 17 heteroatoms. The second kappa shape index (κ2) is 19.9. The van der Waals surface area contributed by atoms with Crippen molar-refractivity contribution in [2.45, 2.75) is 140 Å². The molecule has 13 rings (SSSR count). The summed E-state index contributed by atoms with van der Waals surface area (Å²) < 4.78 is 69.9. The standard InChI is InChI=1S/C60H71F4N9O4/c1-2-42-46(61)7-3-36-27-41(74)30-44(50(36)42)53-52(64)54-45(31-65-53)55(73-32-37-4-5-38(33-73)66-37)69-57(68-54)77-35-60(13-14-60)34-70-21-15-59(16-22-70)19-23-71(24-20-59)39-9-11-58(12-10-39)17-25-72(26-18-58)40-28-47(62)51(48(63)29-40)43-6-8-49(75)67-56(43)76/h3,7,27-31,37-39,43,66,74H,2,4-6,8-26,32-35H2,1H3,(H,67,75,76). The number of aryl methyl sites for hydroxylation is 1. The van der Waals surface area contributed by atoms with Gasteiger partial charge in [0.05, 0.1) is 17.9 Å². The number of pyridine rings is 1. The number of amides is 2. The predicted octanol–water partition coefficient (Wildman–Crippen LogP) is 9.70. The molecule has 8 fully saturated rings. The van der Waals surface area contributed by atoms with Crippen LogP contribution >= 0.6 is 0 Å². The first-order valence-electron chi connectivity index (χ1n) is 28.7. The van der Waals surface area contributed by atoms with Gasteiger partial charge in [-0.15, -0.1) is 0 Å². The first-order valence-corrected chi connectivity index (χ1v) is 28.7. The lowest BCUT2D eigenvalue weighted by Crippen LogP contribution is -2.51. The van der Waals surface area contributed by atoms with Crippen LogP contribution in [0.15, 0.2) is 42.6 Å². The van der Waals surface area contributed by atoms with Crippen LogP contribution in [0.25, 0.3) is 32.9 Å². The lowest BCUT2D eigenvalue weighted by atomic mass is 9.66. The van der Waals surface area contributed by atoms with Gasteiger partial charge in [-0.3, -0.25) is 19.9 Å². The minimum Gasteiger partial charge on any atom is -0.508 e. The molecule has 2 spiro atoms. The van der Waals surface area contributed by atoms with Gasteiger partial charge in [0.15, 0.2) is 5.82 Å². The highest BCUT2D eigenvalue weighted by molar-refractivity contribution is 6.02. The molecule has 8 heterocycles. The van der Waals surface area contributed by atoms with Crippen LogP contribution < -0.4 is 25.2 Å². The van der Waals surface area contributed by atoms with Crippen LogP contribution in [0.2, 0.25) is 0 Å². The molecule has 2 aromatic heterocycles. The fourth-order valence-corrected chi connectivity index (χ4v) is 15.2. The molecule has 5 aromatic rings. The number of piperidine rings is 4. The Labute approximate surface area is 447 Å². The van der Waals surface area contributed by atoms with Gasteiger partial charge >= 0.3 is 6.01 Å². The first-order chi connectivity index (χ1) is 37.2. The van der Waals surface area contributed by atoms with E-state index < -0.39 is 35.2 Å². The van der Waals surface area contributed by atoms with Crippen LogP contribution in [0.5, 0.6) is 11.8 Å². The number of imide groups is 1. The van der Waals surface area contributed by atoms with E-state index in [0.717, 1.165) is 97.4 Å².